The van der Waals surface area contributed by atoms with E-state index in [0.29, 0.717) is 6.54 Å². The summed E-state index contributed by atoms with van der Waals surface area (Å²) < 4.78 is 1.87. The zero-order chi connectivity index (χ0) is 18.9. The predicted molar refractivity (Wildman–Crippen MR) is 106 cm³/mol. The lowest BCUT2D eigenvalue weighted by Crippen LogP contribution is -2.43. The van der Waals surface area contributed by atoms with Crippen LogP contribution in [0.1, 0.15) is 37.7 Å². The first-order valence-electron chi connectivity index (χ1n) is 10.1. The third kappa shape index (κ3) is 2.32. The van der Waals surface area contributed by atoms with Crippen LogP contribution in [0.15, 0.2) is 36.8 Å². The van der Waals surface area contributed by atoms with Gasteiger partial charge in [0, 0.05) is 35.5 Å². The van der Waals surface area contributed by atoms with Crippen molar-refractivity contribution in [2.45, 2.75) is 43.7 Å². The fourth-order valence-electron chi connectivity index (χ4n) is 4.76. The molecule has 3 N–H and O–H groups in total. The number of benzene rings is 1. The van der Waals surface area contributed by atoms with Crippen molar-refractivity contribution in [2.75, 3.05) is 18.0 Å². The van der Waals surface area contributed by atoms with Crippen molar-refractivity contribution in [1.82, 2.24) is 19.7 Å². The largest absolute Gasteiger partial charge is 0.391 e. The molecule has 3 heterocycles. The Labute approximate surface area is 163 Å². The van der Waals surface area contributed by atoms with Crippen molar-refractivity contribution in [3.8, 4) is 5.82 Å². The quantitative estimate of drug-likeness (QED) is 0.727. The molecular weight excluding hydrogens is 352 g/mol. The maximum Gasteiger partial charge on any atom is 0.159 e. The molecule has 144 valence electrons. The Bertz CT molecular complexity index is 1070. The van der Waals surface area contributed by atoms with E-state index in [1.165, 1.54) is 12.0 Å². The van der Waals surface area contributed by atoms with Crippen LogP contribution in [0.3, 0.4) is 0 Å². The summed E-state index contributed by atoms with van der Waals surface area (Å²) in [5.41, 5.74) is 8.61. The van der Waals surface area contributed by atoms with Crippen LogP contribution in [0.2, 0.25) is 0 Å². The summed E-state index contributed by atoms with van der Waals surface area (Å²) in [4.78, 5) is 11.1. The van der Waals surface area contributed by atoms with Crippen molar-refractivity contribution in [3.63, 3.8) is 0 Å². The number of fused-ring (bicyclic) bond motifs is 1. The van der Waals surface area contributed by atoms with Gasteiger partial charge < -0.3 is 15.7 Å². The number of aliphatic hydroxyl groups is 1. The van der Waals surface area contributed by atoms with E-state index in [-0.39, 0.29) is 17.1 Å². The van der Waals surface area contributed by atoms with Crippen LogP contribution in [0, 0.1) is 5.41 Å². The fraction of sp³-hybridized carbons (Fsp3) is 0.476. The molecule has 2 aromatic heterocycles. The number of hydrogen-bond donors (Lipinski definition) is 2. The van der Waals surface area contributed by atoms with E-state index < -0.39 is 0 Å². The minimum atomic E-state index is -0.262. The maximum absolute atomic E-state index is 10.4. The summed E-state index contributed by atoms with van der Waals surface area (Å²) in [6.45, 7) is 1.50. The minimum Gasteiger partial charge on any atom is -0.391 e. The summed E-state index contributed by atoms with van der Waals surface area (Å²) in [6.07, 6.45) is 8.65. The van der Waals surface area contributed by atoms with Crippen LogP contribution in [0.5, 0.6) is 0 Å². The van der Waals surface area contributed by atoms with Crippen LogP contribution in [0.25, 0.3) is 16.7 Å². The Kier molecular flexibility index (Phi) is 3.24. The Morgan fingerprint density at radius 3 is 2.61 bits per heavy atom. The van der Waals surface area contributed by atoms with Gasteiger partial charge in [-0.05, 0) is 43.7 Å². The van der Waals surface area contributed by atoms with Gasteiger partial charge in [0.05, 0.1) is 17.8 Å². The maximum atomic E-state index is 10.4. The molecule has 0 radical (unpaired) electrons. The molecule has 3 fully saturated rings. The molecule has 2 aliphatic carbocycles. The first kappa shape index (κ1) is 16.4. The van der Waals surface area contributed by atoms with Gasteiger partial charge in [0.25, 0.3) is 0 Å². The second-order valence-electron chi connectivity index (χ2n) is 8.83. The van der Waals surface area contributed by atoms with Crippen LogP contribution < -0.4 is 10.6 Å². The van der Waals surface area contributed by atoms with Gasteiger partial charge in [0.2, 0.25) is 0 Å². The average Bonchev–Trinajstić information content (AvgIpc) is 3.23. The molecule has 3 aromatic rings. The Balaban J connectivity index is 1.38. The molecule has 2 saturated carbocycles. The van der Waals surface area contributed by atoms with Crippen LogP contribution in [-0.2, 0) is 5.54 Å². The normalized spacial score (nSPS) is 24.6. The molecular formula is C21H24N6O. The zero-order valence-electron chi connectivity index (χ0n) is 15.8. The van der Waals surface area contributed by atoms with E-state index in [2.05, 4.69) is 38.2 Å². The number of nitrogens with zero attached hydrogens (tertiary/aromatic N) is 5. The van der Waals surface area contributed by atoms with Crippen molar-refractivity contribution >= 4 is 16.7 Å². The van der Waals surface area contributed by atoms with E-state index in [0.717, 1.165) is 54.8 Å². The van der Waals surface area contributed by atoms with E-state index in [1.807, 2.05) is 16.9 Å². The third-order valence-corrected chi connectivity index (χ3v) is 7.07. The molecule has 0 bridgehead atoms. The molecule has 1 atom stereocenters. The summed E-state index contributed by atoms with van der Waals surface area (Å²) in [5.74, 6) is 1.59. The highest BCUT2D eigenvalue weighted by atomic mass is 16.3. The number of β-amino-alcohol motifs (C(OH)–C–C–N with tert-alkyl or cyclic N) is 1. The summed E-state index contributed by atoms with van der Waals surface area (Å²) in [7, 11) is 0. The summed E-state index contributed by atoms with van der Waals surface area (Å²) in [6, 6.07) is 8.34. The second-order valence-corrected chi connectivity index (χ2v) is 8.83. The molecule has 28 heavy (non-hydrogen) atoms. The Morgan fingerprint density at radius 2 is 1.89 bits per heavy atom. The van der Waals surface area contributed by atoms with Gasteiger partial charge in [-0.15, -0.1) is 0 Å². The van der Waals surface area contributed by atoms with Gasteiger partial charge in [-0.25, -0.2) is 14.6 Å². The number of aliphatic hydroxyl groups excluding tert-OH is 1. The molecule has 7 heteroatoms. The van der Waals surface area contributed by atoms with E-state index in [9.17, 15) is 5.11 Å². The van der Waals surface area contributed by atoms with Crippen LogP contribution in [0.4, 0.5) is 5.82 Å². The molecule has 3 aliphatic rings. The molecule has 1 unspecified atom stereocenters. The van der Waals surface area contributed by atoms with Gasteiger partial charge in [0.15, 0.2) is 5.82 Å². The predicted octanol–water partition coefficient (Wildman–Crippen LogP) is 2.11. The van der Waals surface area contributed by atoms with E-state index in [4.69, 9.17) is 5.73 Å². The number of aromatic nitrogens is 4. The number of nitrogens with two attached hydrogens (primary N) is 1. The highest BCUT2D eigenvalue weighted by Gasteiger charge is 2.54. The smallest absolute Gasteiger partial charge is 0.159 e. The Hall–Kier alpha value is -2.51. The van der Waals surface area contributed by atoms with Gasteiger partial charge >= 0.3 is 0 Å². The highest BCUT2D eigenvalue weighted by molar-refractivity contribution is 5.81. The van der Waals surface area contributed by atoms with Crippen molar-refractivity contribution in [2.24, 2.45) is 11.1 Å². The molecule has 1 aromatic carbocycles. The summed E-state index contributed by atoms with van der Waals surface area (Å²) in [5, 5.41) is 16.0. The Morgan fingerprint density at radius 1 is 1.07 bits per heavy atom. The first-order valence-corrected chi connectivity index (χ1v) is 10.1. The van der Waals surface area contributed by atoms with Gasteiger partial charge in [0.1, 0.15) is 12.1 Å². The van der Waals surface area contributed by atoms with Crippen molar-refractivity contribution in [1.29, 1.82) is 0 Å². The molecule has 0 amide bonds. The molecule has 7 nitrogen and oxygen atoms in total. The highest BCUT2D eigenvalue weighted by Crippen LogP contribution is 2.53. The third-order valence-electron chi connectivity index (χ3n) is 7.07. The molecule has 6 rings (SSSR count). The van der Waals surface area contributed by atoms with E-state index >= 15 is 0 Å². The lowest BCUT2D eigenvalue weighted by atomic mass is 9.73. The van der Waals surface area contributed by atoms with E-state index in [1.54, 1.807) is 6.33 Å². The van der Waals surface area contributed by atoms with Crippen LogP contribution >= 0.6 is 0 Å². The lowest BCUT2D eigenvalue weighted by molar-refractivity contribution is 0.136. The van der Waals surface area contributed by atoms with Gasteiger partial charge in [-0.1, -0.05) is 12.1 Å². The van der Waals surface area contributed by atoms with Gasteiger partial charge in [-0.3, -0.25) is 0 Å². The number of anilines is 1. The second kappa shape index (κ2) is 5.52. The molecule has 1 saturated heterocycles. The topological polar surface area (TPSA) is 93.1 Å². The standard InChI is InChI=1S/C21H24N6O/c22-21(4-1-5-21)15-3-2-14-10-25-27(16(14)8-15)19-9-18(23-13-24-19)26-11-17(28)20(12-26)6-7-20/h2-3,8-10,13,17,28H,1,4-7,11-12,22H2. The molecule has 1 spiro atoms. The number of rotatable bonds is 3. The monoisotopic (exact) mass is 376 g/mol. The van der Waals surface area contributed by atoms with Crippen molar-refractivity contribution < 1.29 is 5.11 Å². The zero-order valence-corrected chi connectivity index (χ0v) is 15.8. The first-order chi connectivity index (χ1) is 13.6. The van der Waals surface area contributed by atoms with Crippen molar-refractivity contribution in [3.05, 3.63) is 42.4 Å². The minimum absolute atomic E-state index is 0.0939. The average molecular weight is 376 g/mol. The SMILES string of the molecule is NC1(c2ccc3cnn(-c4cc(N5CC(O)C6(CC6)C5)ncn4)c3c2)CCC1. The summed E-state index contributed by atoms with van der Waals surface area (Å²) >= 11 is 0. The van der Waals surface area contributed by atoms with Crippen LogP contribution in [-0.4, -0.2) is 44.0 Å². The van der Waals surface area contributed by atoms with Gasteiger partial charge in [-0.2, -0.15) is 5.10 Å². The molecule has 1 aliphatic heterocycles. The number of hydrogen-bond acceptors (Lipinski definition) is 6. The lowest BCUT2D eigenvalue weighted by Gasteiger charge is -2.38. The fourth-order valence-corrected chi connectivity index (χ4v) is 4.76.